The first-order valence-electron chi connectivity index (χ1n) is 5.24. The van der Waals surface area contributed by atoms with Gasteiger partial charge in [0.25, 0.3) is 0 Å². The molecule has 0 saturated carbocycles. The van der Waals surface area contributed by atoms with E-state index in [9.17, 15) is 0 Å². The molecule has 0 N–H and O–H groups in total. The highest BCUT2D eigenvalue weighted by molar-refractivity contribution is 5.80. The van der Waals surface area contributed by atoms with Crippen LogP contribution in [0.2, 0.25) is 0 Å². The topological polar surface area (TPSA) is 15.6 Å². The molecule has 2 rings (SSSR count). The van der Waals surface area contributed by atoms with Crippen molar-refractivity contribution >= 4 is 11.9 Å². The van der Waals surface area contributed by atoms with E-state index in [1.165, 1.54) is 0 Å². The molecule has 2 heteroatoms. The number of benzene rings is 2. The highest BCUT2D eigenvalue weighted by Gasteiger charge is 1.94. The van der Waals surface area contributed by atoms with Crippen LogP contribution in [-0.4, -0.2) is 13.3 Å². The van der Waals surface area contributed by atoms with Crippen molar-refractivity contribution in [2.45, 2.75) is 0 Å². The number of hydrazone groups is 1. The van der Waals surface area contributed by atoms with Crippen LogP contribution in [-0.2, 0) is 0 Å². The molecule has 0 aromatic heterocycles. The molecular weight excluding hydrogens is 196 g/mol. The van der Waals surface area contributed by atoms with Crippen LogP contribution in [0, 0.1) is 0 Å². The van der Waals surface area contributed by atoms with E-state index in [0.717, 1.165) is 11.3 Å². The van der Waals surface area contributed by atoms with Gasteiger partial charge >= 0.3 is 0 Å². The molecule has 0 atom stereocenters. The van der Waals surface area contributed by atoms with Gasteiger partial charge in [0, 0.05) is 7.05 Å². The Labute approximate surface area is 95.8 Å². The van der Waals surface area contributed by atoms with E-state index in [0.29, 0.717) is 0 Å². The molecule has 0 saturated heterocycles. The fourth-order valence-electron chi connectivity index (χ4n) is 1.40. The second-order valence-electron chi connectivity index (χ2n) is 3.51. The molecule has 0 aliphatic heterocycles. The maximum atomic E-state index is 4.37. The zero-order chi connectivity index (χ0) is 11.2. The van der Waals surface area contributed by atoms with Crippen LogP contribution in [0.25, 0.3) is 0 Å². The monoisotopic (exact) mass is 210 g/mol. The average Bonchev–Trinajstić information content (AvgIpc) is 2.38. The van der Waals surface area contributed by atoms with Gasteiger partial charge in [-0.15, -0.1) is 0 Å². The molecule has 0 bridgehead atoms. The number of hydrogen-bond acceptors (Lipinski definition) is 2. The lowest BCUT2D eigenvalue weighted by molar-refractivity contribution is 1.02. The molecular formula is C14H14N2. The minimum atomic E-state index is 1.08. The number of para-hydroxylation sites is 1. The van der Waals surface area contributed by atoms with Crippen LogP contribution in [0.15, 0.2) is 65.8 Å². The standard InChI is InChI=1S/C14H14N2/c1-16(14-10-6-3-7-11-14)15-12-13-8-4-2-5-9-13/h2-12H,1H3. The Bertz CT molecular complexity index is 449. The first-order chi connectivity index (χ1) is 7.86. The van der Waals surface area contributed by atoms with E-state index in [-0.39, 0.29) is 0 Å². The second-order valence-corrected chi connectivity index (χ2v) is 3.51. The molecule has 2 aromatic carbocycles. The van der Waals surface area contributed by atoms with Gasteiger partial charge in [0.2, 0.25) is 0 Å². The van der Waals surface area contributed by atoms with Gasteiger partial charge in [0.15, 0.2) is 0 Å². The molecule has 0 amide bonds. The summed E-state index contributed by atoms with van der Waals surface area (Å²) in [6, 6.07) is 20.1. The van der Waals surface area contributed by atoms with E-state index < -0.39 is 0 Å². The highest BCUT2D eigenvalue weighted by Crippen LogP contribution is 2.10. The number of nitrogens with zero attached hydrogens (tertiary/aromatic N) is 2. The van der Waals surface area contributed by atoms with Crippen molar-refractivity contribution in [3.8, 4) is 0 Å². The van der Waals surface area contributed by atoms with E-state index in [1.54, 1.807) is 0 Å². The minimum absolute atomic E-state index is 1.08. The third kappa shape index (κ3) is 2.70. The molecule has 0 aliphatic rings. The number of hydrogen-bond donors (Lipinski definition) is 0. The lowest BCUT2D eigenvalue weighted by Crippen LogP contribution is -2.08. The van der Waals surface area contributed by atoms with Crippen molar-refractivity contribution in [2.24, 2.45) is 5.10 Å². The lowest BCUT2D eigenvalue weighted by atomic mass is 10.2. The van der Waals surface area contributed by atoms with Crippen LogP contribution >= 0.6 is 0 Å². The molecule has 2 nitrogen and oxygen atoms in total. The first kappa shape index (κ1) is 10.4. The summed E-state index contributed by atoms with van der Waals surface area (Å²) in [4.78, 5) is 0. The maximum Gasteiger partial charge on any atom is 0.0590 e. The summed E-state index contributed by atoms with van der Waals surface area (Å²) in [5, 5.41) is 6.23. The Morgan fingerprint density at radius 2 is 1.44 bits per heavy atom. The molecule has 0 unspecified atom stereocenters. The van der Waals surface area contributed by atoms with E-state index >= 15 is 0 Å². The van der Waals surface area contributed by atoms with Gasteiger partial charge in [-0.2, -0.15) is 5.10 Å². The minimum Gasteiger partial charge on any atom is -0.269 e. The van der Waals surface area contributed by atoms with Crippen molar-refractivity contribution in [1.29, 1.82) is 0 Å². The van der Waals surface area contributed by atoms with Crippen LogP contribution in [0.5, 0.6) is 0 Å². The smallest absolute Gasteiger partial charge is 0.0590 e. The van der Waals surface area contributed by atoms with Crippen molar-refractivity contribution in [1.82, 2.24) is 0 Å². The van der Waals surface area contributed by atoms with Crippen LogP contribution in [0.3, 0.4) is 0 Å². The second kappa shape index (κ2) is 5.12. The van der Waals surface area contributed by atoms with Crippen LogP contribution in [0.1, 0.15) is 5.56 Å². The summed E-state index contributed by atoms with van der Waals surface area (Å²) in [7, 11) is 1.94. The van der Waals surface area contributed by atoms with Gasteiger partial charge in [0.1, 0.15) is 0 Å². The number of anilines is 1. The Balaban J connectivity index is 2.08. The normalized spacial score (nSPS) is 10.6. The van der Waals surface area contributed by atoms with Gasteiger partial charge in [-0.1, -0.05) is 48.5 Å². The SMILES string of the molecule is CN(N=Cc1ccccc1)c1ccccc1. The molecule has 0 radical (unpaired) electrons. The van der Waals surface area contributed by atoms with Crippen molar-refractivity contribution in [3.05, 3.63) is 66.2 Å². The van der Waals surface area contributed by atoms with Gasteiger partial charge in [-0.05, 0) is 17.7 Å². The third-order valence-electron chi connectivity index (χ3n) is 2.31. The van der Waals surface area contributed by atoms with Crippen molar-refractivity contribution in [3.63, 3.8) is 0 Å². The summed E-state index contributed by atoms with van der Waals surface area (Å²) in [5.74, 6) is 0. The van der Waals surface area contributed by atoms with Crippen LogP contribution < -0.4 is 5.01 Å². The molecule has 0 heterocycles. The Morgan fingerprint density at radius 3 is 2.06 bits per heavy atom. The summed E-state index contributed by atoms with van der Waals surface area (Å²) < 4.78 is 0. The zero-order valence-corrected chi connectivity index (χ0v) is 9.25. The van der Waals surface area contributed by atoms with E-state index in [2.05, 4.69) is 5.10 Å². The fraction of sp³-hybridized carbons (Fsp3) is 0.0714. The Morgan fingerprint density at radius 1 is 0.875 bits per heavy atom. The van der Waals surface area contributed by atoms with Crippen molar-refractivity contribution in [2.75, 3.05) is 12.1 Å². The first-order valence-corrected chi connectivity index (χ1v) is 5.24. The number of rotatable bonds is 3. The van der Waals surface area contributed by atoms with Gasteiger partial charge in [0.05, 0.1) is 11.9 Å². The predicted octanol–water partition coefficient (Wildman–Crippen LogP) is 3.16. The fourth-order valence-corrected chi connectivity index (χ4v) is 1.40. The summed E-state index contributed by atoms with van der Waals surface area (Å²) in [6.45, 7) is 0. The van der Waals surface area contributed by atoms with Crippen molar-refractivity contribution < 1.29 is 0 Å². The predicted molar refractivity (Wildman–Crippen MR) is 68.9 cm³/mol. The summed E-state index contributed by atoms with van der Waals surface area (Å²) in [5.41, 5.74) is 2.18. The zero-order valence-electron chi connectivity index (χ0n) is 9.25. The Kier molecular flexibility index (Phi) is 3.34. The Hall–Kier alpha value is -2.09. The average molecular weight is 210 g/mol. The third-order valence-corrected chi connectivity index (χ3v) is 2.31. The summed E-state index contributed by atoms with van der Waals surface area (Å²) >= 11 is 0. The van der Waals surface area contributed by atoms with Gasteiger partial charge in [-0.25, -0.2) is 0 Å². The maximum absolute atomic E-state index is 4.37. The largest absolute Gasteiger partial charge is 0.269 e. The summed E-state index contributed by atoms with van der Waals surface area (Å²) in [6.07, 6.45) is 1.85. The lowest BCUT2D eigenvalue weighted by Gasteiger charge is -2.11. The van der Waals surface area contributed by atoms with Gasteiger partial charge < -0.3 is 0 Å². The van der Waals surface area contributed by atoms with E-state index in [1.807, 2.05) is 78.9 Å². The quantitative estimate of drug-likeness (QED) is 0.561. The molecule has 0 aliphatic carbocycles. The van der Waals surface area contributed by atoms with Gasteiger partial charge in [-0.3, -0.25) is 5.01 Å². The highest BCUT2D eigenvalue weighted by atomic mass is 15.4. The molecule has 16 heavy (non-hydrogen) atoms. The van der Waals surface area contributed by atoms with Crippen LogP contribution in [0.4, 0.5) is 5.69 Å². The molecule has 80 valence electrons. The molecule has 0 fully saturated rings. The molecule has 0 spiro atoms. The van der Waals surface area contributed by atoms with E-state index in [4.69, 9.17) is 0 Å². The molecule has 2 aromatic rings.